The van der Waals surface area contributed by atoms with Crippen LogP contribution in [0.3, 0.4) is 0 Å². The molecule has 0 atom stereocenters. The smallest absolute Gasteiger partial charge is 0.276 e. The van der Waals surface area contributed by atoms with E-state index >= 15 is 0 Å². The number of rotatable bonds is 8. The Balaban J connectivity index is 1.36. The SMILES string of the molecule is CC(C)c1cc(C(=O)N2CCC(COc3c(F)cc(-c4ccc(/C=[N+](\[O-])C(C)C)cc4F)cc3F)CC2)no1. The molecule has 0 bridgehead atoms. The van der Waals surface area contributed by atoms with Gasteiger partial charge in [-0.1, -0.05) is 25.1 Å². The lowest BCUT2D eigenvalue weighted by Gasteiger charge is -2.31. The summed E-state index contributed by atoms with van der Waals surface area (Å²) in [6.07, 6.45) is 2.47. The van der Waals surface area contributed by atoms with Gasteiger partial charge in [-0.25, -0.2) is 17.9 Å². The van der Waals surface area contributed by atoms with Crippen molar-refractivity contribution in [3.63, 3.8) is 0 Å². The van der Waals surface area contributed by atoms with Gasteiger partial charge in [0.05, 0.1) is 6.61 Å². The number of nitrogens with zero attached hydrogens (tertiary/aromatic N) is 3. The molecule has 0 spiro atoms. The molecule has 1 aromatic heterocycles. The molecule has 0 aliphatic carbocycles. The third-order valence-electron chi connectivity index (χ3n) is 6.77. The van der Waals surface area contributed by atoms with Crippen molar-refractivity contribution in [1.29, 1.82) is 0 Å². The predicted octanol–water partition coefficient (Wildman–Crippen LogP) is 6.15. The van der Waals surface area contributed by atoms with Gasteiger partial charge in [0.15, 0.2) is 35.3 Å². The van der Waals surface area contributed by atoms with E-state index in [9.17, 15) is 23.2 Å². The summed E-state index contributed by atoms with van der Waals surface area (Å²) in [7, 11) is 0. The quantitative estimate of drug-likeness (QED) is 0.147. The van der Waals surface area contributed by atoms with E-state index < -0.39 is 23.2 Å². The monoisotopic (exact) mass is 543 g/mol. The van der Waals surface area contributed by atoms with E-state index in [0.29, 0.717) is 42.0 Å². The molecular weight excluding hydrogens is 511 g/mol. The highest BCUT2D eigenvalue weighted by molar-refractivity contribution is 5.92. The van der Waals surface area contributed by atoms with Crippen molar-refractivity contribution in [2.75, 3.05) is 19.7 Å². The number of carbonyl (C=O) groups is 1. The standard InChI is InChI=1S/C29H32F3N3O4/c1-17(2)27-14-26(33-39-27)29(36)34-9-7-19(8-10-34)16-38-28-24(31)12-21(13-25(28)32)22-6-5-20(11-23(22)30)15-35(37)18(3)4/h5-6,11-15,17-19H,7-10,16H2,1-4H3/b35-15-. The number of hydrogen-bond donors (Lipinski definition) is 0. The van der Waals surface area contributed by atoms with E-state index in [-0.39, 0.29) is 47.2 Å². The Morgan fingerprint density at radius 1 is 1.10 bits per heavy atom. The summed E-state index contributed by atoms with van der Waals surface area (Å²) in [5.41, 5.74) is 0.632. The molecule has 0 N–H and O–H groups in total. The van der Waals surface area contributed by atoms with Crippen LogP contribution >= 0.6 is 0 Å². The summed E-state index contributed by atoms with van der Waals surface area (Å²) in [4.78, 5) is 14.4. The number of carbonyl (C=O) groups excluding carboxylic acids is 1. The second kappa shape index (κ2) is 11.9. The summed E-state index contributed by atoms with van der Waals surface area (Å²) >= 11 is 0. The van der Waals surface area contributed by atoms with E-state index in [1.165, 1.54) is 18.3 Å². The van der Waals surface area contributed by atoms with Gasteiger partial charge >= 0.3 is 0 Å². The Bertz CT molecular complexity index is 1340. The van der Waals surface area contributed by atoms with E-state index in [1.54, 1.807) is 24.8 Å². The lowest BCUT2D eigenvalue weighted by atomic mass is 9.97. The molecule has 3 aromatic rings. The van der Waals surface area contributed by atoms with Crippen molar-refractivity contribution in [3.05, 3.63) is 76.1 Å². The van der Waals surface area contributed by atoms with Gasteiger partial charge < -0.3 is 19.4 Å². The predicted molar refractivity (Wildman–Crippen MR) is 140 cm³/mol. The first-order valence-electron chi connectivity index (χ1n) is 13.0. The zero-order valence-electron chi connectivity index (χ0n) is 22.4. The second-order valence-corrected chi connectivity index (χ2v) is 10.4. The lowest BCUT2D eigenvalue weighted by Crippen LogP contribution is -2.39. The van der Waals surface area contributed by atoms with Crippen LogP contribution in [-0.2, 0) is 0 Å². The van der Waals surface area contributed by atoms with Crippen LogP contribution < -0.4 is 4.74 Å². The average molecular weight is 544 g/mol. The van der Waals surface area contributed by atoms with Crippen molar-refractivity contribution >= 4 is 12.1 Å². The van der Waals surface area contributed by atoms with Gasteiger partial charge in [-0.15, -0.1) is 0 Å². The highest BCUT2D eigenvalue weighted by atomic mass is 19.1. The van der Waals surface area contributed by atoms with Crippen LogP contribution in [0.4, 0.5) is 13.2 Å². The number of ether oxygens (including phenoxy) is 1. The van der Waals surface area contributed by atoms with Crippen molar-refractivity contribution in [3.8, 4) is 16.9 Å². The van der Waals surface area contributed by atoms with Crippen LogP contribution in [0.25, 0.3) is 11.1 Å². The Labute approximate surface area is 225 Å². The number of benzene rings is 2. The fourth-order valence-corrected chi connectivity index (χ4v) is 4.32. The van der Waals surface area contributed by atoms with E-state index in [4.69, 9.17) is 9.26 Å². The van der Waals surface area contributed by atoms with E-state index in [2.05, 4.69) is 5.16 Å². The number of hydrogen-bond acceptors (Lipinski definition) is 5. The number of piperidine rings is 1. The van der Waals surface area contributed by atoms with Gasteiger partial charge in [-0.3, -0.25) is 4.79 Å². The molecule has 4 rings (SSSR count). The molecule has 0 saturated carbocycles. The Morgan fingerprint density at radius 2 is 1.77 bits per heavy atom. The van der Waals surface area contributed by atoms with Gasteiger partial charge in [0.25, 0.3) is 5.91 Å². The zero-order chi connectivity index (χ0) is 28.3. The molecule has 0 unspecified atom stereocenters. The summed E-state index contributed by atoms with van der Waals surface area (Å²) in [6.45, 7) is 8.32. The molecule has 208 valence electrons. The highest BCUT2D eigenvalue weighted by Gasteiger charge is 2.27. The van der Waals surface area contributed by atoms with E-state index in [1.807, 2.05) is 13.8 Å². The fraction of sp³-hybridized carbons (Fsp3) is 0.414. The minimum absolute atomic E-state index is 0.00293. The average Bonchev–Trinajstić information content (AvgIpc) is 3.39. The molecule has 7 nitrogen and oxygen atoms in total. The van der Waals surface area contributed by atoms with Gasteiger partial charge in [-0.2, -0.15) is 0 Å². The third-order valence-corrected chi connectivity index (χ3v) is 6.77. The minimum atomic E-state index is -0.940. The van der Waals surface area contributed by atoms with Crippen LogP contribution in [0.1, 0.15) is 68.3 Å². The fourth-order valence-electron chi connectivity index (χ4n) is 4.32. The van der Waals surface area contributed by atoms with Crippen LogP contribution in [0.15, 0.2) is 40.9 Å². The largest absolute Gasteiger partial charge is 0.624 e. The number of likely N-dealkylation sites (tertiary alicyclic amines) is 1. The molecule has 1 amide bonds. The highest BCUT2D eigenvalue weighted by Crippen LogP contribution is 2.32. The summed E-state index contributed by atoms with van der Waals surface area (Å²) in [6, 6.07) is 7.43. The first kappa shape index (κ1) is 28.2. The maximum atomic E-state index is 14.8. The van der Waals surface area contributed by atoms with Gasteiger partial charge in [0.1, 0.15) is 11.6 Å². The second-order valence-electron chi connectivity index (χ2n) is 10.4. The summed E-state index contributed by atoms with van der Waals surface area (Å²) < 4.78 is 55.8. The van der Waals surface area contributed by atoms with Crippen molar-refractivity contribution in [2.45, 2.75) is 52.5 Å². The number of aromatic nitrogens is 1. The molecule has 2 aromatic carbocycles. The van der Waals surface area contributed by atoms with Gasteiger partial charge in [0.2, 0.25) is 0 Å². The van der Waals surface area contributed by atoms with Crippen molar-refractivity contribution in [1.82, 2.24) is 10.1 Å². The molecule has 0 radical (unpaired) electrons. The maximum absolute atomic E-state index is 14.8. The van der Waals surface area contributed by atoms with Crippen molar-refractivity contribution < 1.29 is 32.0 Å². The first-order valence-corrected chi connectivity index (χ1v) is 13.0. The topological polar surface area (TPSA) is 81.6 Å². The number of halogens is 3. The Hall–Kier alpha value is -3.82. The normalized spacial score (nSPS) is 14.9. The summed E-state index contributed by atoms with van der Waals surface area (Å²) in [5.74, 6) is -2.54. The van der Waals surface area contributed by atoms with Crippen LogP contribution in [0.2, 0.25) is 0 Å². The van der Waals surface area contributed by atoms with Gasteiger partial charge in [0, 0.05) is 36.2 Å². The van der Waals surface area contributed by atoms with Crippen LogP contribution in [0, 0.1) is 28.6 Å². The lowest BCUT2D eigenvalue weighted by molar-refractivity contribution is -0.487. The Morgan fingerprint density at radius 3 is 2.33 bits per heavy atom. The maximum Gasteiger partial charge on any atom is 0.276 e. The van der Waals surface area contributed by atoms with Crippen LogP contribution in [-0.4, -0.2) is 52.7 Å². The zero-order valence-corrected chi connectivity index (χ0v) is 22.4. The number of amides is 1. The van der Waals surface area contributed by atoms with Gasteiger partial charge in [-0.05, 0) is 62.4 Å². The minimum Gasteiger partial charge on any atom is -0.624 e. The first-order chi connectivity index (χ1) is 18.5. The summed E-state index contributed by atoms with van der Waals surface area (Å²) in [5, 5.41) is 15.7. The molecule has 10 heteroatoms. The molecular formula is C29H32F3N3O4. The molecule has 1 aliphatic rings. The molecule has 39 heavy (non-hydrogen) atoms. The molecule has 1 fully saturated rings. The Kier molecular flexibility index (Phi) is 8.62. The van der Waals surface area contributed by atoms with Crippen LogP contribution in [0.5, 0.6) is 5.75 Å². The molecule has 2 heterocycles. The third kappa shape index (κ3) is 6.61. The molecule has 1 aliphatic heterocycles. The number of hydroxylamine groups is 1. The molecule has 1 saturated heterocycles. The van der Waals surface area contributed by atoms with E-state index in [0.717, 1.165) is 18.2 Å². The van der Waals surface area contributed by atoms with Crippen molar-refractivity contribution in [2.24, 2.45) is 5.92 Å².